The Balaban J connectivity index is 2.19. The van der Waals surface area contributed by atoms with Crippen molar-refractivity contribution in [3.63, 3.8) is 0 Å². The molecule has 6 nitrogen and oxygen atoms in total. The Hall–Kier alpha value is -1.21. The molecule has 2 rings (SSSR count). The third-order valence-electron chi connectivity index (χ3n) is 2.86. The normalized spacial score (nSPS) is 17.2. The van der Waals surface area contributed by atoms with Crippen LogP contribution >= 0.6 is 15.9 Å². The van der Waals surface area contributed by atoms with Crippen molar-refractivity contribution in [2.45, 2.75) is 18.9 Å². The lowest BCUT2D eigenvalue weighted by Gasteiger charge is -2.31. The Kier molecular flexibility index (Phi) is 3.58. The van der Waals surface area contributed by atoms with Gasteiger partial charge in [0.25, 0.3) is 5.69 Å². The lowest BCUT2D eigenvalue weighted by Crippen LogP contribution is -2.40. The molecule has 0 spiro atoms. The van der Waals surface area contributed by atoms with Gasteiger partial charge >= 0.3 is 0 Å². The maximum Gasteiger partial charge on any atom is 0.288 e. The lowest BCUT2D eigenvalue weighted by molar-refractivity contribution is -0.385. The molecular weight excluding hydrogens is 288 g/mol. The second kappa shape index (κ2) is 4.97. The Morgan fingerprint density at radius 2 is 2.18 bits per heavy atom. The van der Waals surface area contributed by atoms with Crippen LogP contribution in [0.25, 0.3) is 0 Å². The minimum Gasteiger partial charge on any atom is -0.356 e. The average molecular weight is 301 g/mol. The molecule has 92 valence electrons. The fourth-order valence-corrected chi connectivity index (χ4v) is 2.45. The van der Waals surface area contributed by atoms with E-state index < -0.39 is 4.92 Å². The summed E-state index contributed by atoms with van der Waals surface area (Å²) in [6.45, 7) is 1.68. The Bertz CT molecular complexity index is 432. The molecule has 0 saturated carbocycles. The first-order valence-electron chi connectivity index (χ1n) is 5.38. The zero-order valence-corrected chi connectivity index (χ0v) is 10.8. The second-order valence-corrected chi connectivity index (χ2v) is 4.93. The summed E-state index contributed by atoms with van der Waals surface area (Å²) in [5.74, 6) is 0.752. The molecule has 0 amide bonds. The zero-order chi connectivity index (χ0) is 12.4. The van der Waals surface area contributed by atoms with Crippen LogP contribution in [0, 0.1) is 10.1 Å². The van der Waals surface area contributed by atoms with E-state index >= 15 is 0 Å². The number of rotatable bonds is 2. The average Bonchev–Trinajstić information content (AvgIpc) is 2.30. The Labute approximate surface area is 107 Å². The van der Waals surface area contributed by atoms with E-state index in [0.29, 0.717) is 4.47 Å². The molecule has 1 aliphatic rings. The van der Waals surface area contributed by atoms with E-state index in [9.17, 15) is 10.1 Å². The topological polar surface area (TPSA) is 85.3 Å². The monoisotopic (exact) mass is 300 g/mol. The molecule has 17 heavy (non-hydrogen) atoms. The lowest BCUT2D eigenvalue weighted by atomic mass is 10.1. The first kappa shape index (κ1) is 12.3. The van der Waals surface area contributed by atoms with Crippen LogP contribution in [0.4, 0.5) is 11.5 Å². The van der Waals surface area contributed by atoms with Crippen LogP contribution in [0.3, 0.4) is 0 Å². The summed E-state index contributed by atoms with van der Waals surface area (Å²) in [5.41, 5.74) is 5.82. The molecular formula is C10H13BrN4O2. The largest absolute Gasteiger partial charge is 0.356 e. The number of halogens is 1. The number of piperidine rings is 1. The second-order valence-electron chi connectivity index (χ2n) is 4.08. The molecule has 2 heterocycles. The Morgan fingerprint density at radius 3 is 2.71 bits per heavy atom. The molecule has 1 aliphatic heterocycles. The van der Waals surface area contributed by atoms with E-state index in [1.807, 2.05) is 0 Å². The molecule has 1 fully saturated rings. The van der Waals surface area contributed by atoms with E-state index in [1.54, 1.807) is 0 Å². The maximum absolute atomic E-state index is 10.6. The third-order valence-corrected chi connectivity index (χ3v) is 3.44. The number of hydrogen-bond donors (Lipinski definition) is 1. The molecule has 2 N–H and O–H groups in total. The summed E-state index contributed by atoms with van der Waals surface area (Å²) >= 11 is 3.33. The van der Waals surface area contributed by atoms with Crippen LogP contribution in [0.15, 0.2) is 16.7 Å². The number of nitrogens with two attached hydrogens (primary N) is 1. The number of nitro groups is 1. The van der Waals surface area contributed by atoms with Crippen LogP contribution in [0.2, 0.25) is 0 Å². The SMILES string of the molecule is NC1CCN(c2ncc([N+](=O)[O-])cc2Br)CC1. The van der Waals surface area contributed by atoms with E-state index in [2.05, 4.69) is 25.8 Å². The predicted octanol–water partition coefficient (Wildman–Crippen LogP) is 1.68. The number of anilines is 1. The standard InChI is InChI=1S/C10H13BrN4O2/c11-9-5-8(15(16)17)6-13-10(9)14-3-1-7(12)2-4-14/h5-7H,1-4,12H2. The molecule has 0 aliphatic carbocycles. The number of nitrogens with zero attached hydrogens (tertiary/aromatic N) is 3. The quantitative estimate of drug-likeness (QED) is 0.663. The highest BCUT2D eigenvalue weighted by Crippen LogP contribution is 2.29. The van der Waals surface area contributed by atoms with Crippen molar-refractivity contribution in [1.29, 1.82) is 0 Å². The number of aromatic nitrogens is 1. The highest BCUT2D eigenvalue weighted by Gasteiger charge is 2.20. The van der Waals surface area contributed by atoms with Gasteiger partial charge in [-0.1, -0.05) is 0 Å². The smallest absolute Gasteiger partial charge is 0.288 e. The van der Waals surface area contributed by atoms with Crippen LogP contribution in [-0.2, 0) is 0 Å². The maximum atomic E-state index is 10.6. The van der Waals surface area contributed by atoms with E-state index in [-0.39, 0.29) is 11.7 Å². The van der Waals surface area contributed by atoms with E-state index in [1.165, 1.54) is 12.3 Å². The summed E-state index contributed by atoms with van der Waals surface area (Å²) in [7, 11) is 0. The summed E-state index contributed by atoms with van der Waals surface area (Å²) in [5, 5.41) is 10.6. The van der Waals surface area contributed by atoms with Gasteiger partial charge in [-0.3, -0.25) is 10.1 Å². The predicted molar refractivity (Wildman–Crippen MR) is 68.0 cm³/mol. The minimum atomic E-state index is -0.451. The van der Waals surface area contributed by atoms with Crippen molar-refractivity contribution >= 4 is 27.4 Å². The number of pyridine rings is 1. The molecule has 0 atom stereocenters. The molecule has 1 aromatic heterocycles. The van der Waals surface area contributed by atoms with Crippen molar-refractivity contribution in [3.05, 3.63) is 26.9 Å². The van der Waals surface area contributed by atoms with E-state index in [0.717, 1.165) is 31.7 Å². The first-order chi connectivity index (χ1) is 8.08. The van der Waals surface area contributed by atoms with Crippen molar-refractivity contribution in [3.8, 4) is 0 Å². The van der Waals surface area contributed by atoms with Crippen molar-refractivity contribution in [1.82, 2.24) is 4.98 Å². The van der Waals surface area contributed by atoms with Gasteiger partial charge in [-0.05, 0) is 28.8 Å². The molecule has 0 unspecified atom stereocenters. The zero-order valence-electron chi connectivity index (χ0n) is 9.17. The number of hydrogen-bond acceptors (Lipinski definition) is 5. The van der Waals surface area contributed by atoms with Gasteiger partial charge in [-0.15, -0.1) is 0 Å². The van der Waals surface area contributed by atoms with Gasteiger partial charge in [0.1, 0.15) is 12.0 Å². The summed E-state index contributed by atoms with van der Waals surface area (Å²) < 4.78 is 0.655. The van der Waals surface area contributed by atoms with Crippen molar-refractivity contribution in [2.24, 2.45) is 5.73 Å². The molecule has 7 heteroatoms. The molecule has 0 aromatic carbocycles. The van der Waals surface area contributed by atoms with Gasteiger partial charge in [-0.2, -0.15) is 0 Å². The highest BCUT2D eigenvalue weighted by molar-refractivity contribution is 9.10. The summed E-state index contributed by atoms with van der Waals surface area (Å²) in [6.07, 6.45) is 3.13. The van der Waals surface area contributed by atoms with Gasteiger partial charge in [0, 0.05) is 25.2 Å². The molecule has 1 aromatic rings. The van der Waals surface area contributed by atoms with Crippen LogP contribution in [0.1, 0.15) is 12.8 Å². The summed E-state index contributed by atoms with van der Waals surface area (Å²) in [4.78, 5) is 16.4. The molecule has 1 saturated heterocycles. The van der Waals surface area contributed by atoms with Crippen LogP contribution in [-0.4, -0.2) is 29.0 Å². The Morgan fingerprint density at radius 1 is 1.53 bits per heavy atom. The fourth-order valence-electron chi connectivity index (χ4n) is 1.86. The first-order valence-corrected chi connectivity index (χ1v) is 6.17. The minimum absolute atomic E-state index is 0.00524. The van der Waals surface area contributed by atoms with Gasteiger partial charge in [0.05, 0.1) is 9.40 Å². The summed E-state index contributed by atoms with van der Waals surface area (Å²) in [6, 6.07) is 1.74. The van der Waals surface area contributed by atoms with Gasteiger partial charge < -0.3 is 10.6 Å². The van der Waals surface area contributed by atoms with Gasteiger partial charge in [0.15, 0.2) is 0 Å². The van der Waals surface area contributed by atoms with Gasteiger partial charge in [-0.25, -0.2) is 4.98 Å². The molecule has 0 bridgehead atoms. The molecule has 0 radical (unpaired) electrons. The van der Waals surface area contributed by atoms with E-state index in [4.69, 9.17) is 5.73 Å². The van der Waals surface area contributed by atoms with Crippen LogP contribution < -0.4 is 10.6 Å². The van der Waals surface area contributed by atoms with Crippen molar-refractivity contribution in [2.75, 3.05) is 18.0 Å². The fraction of sp³-hybridized carbons (Fsp3) is 0.500. The highest BCUT2D eigenvalue weighted by atomic mass is 79.9. The van der Waals surface area contributed by atoms with Crippen molar-refractivity contribution < 1.29 is 4.92 Å². The third kappa shape index (κ3) is 2.73. The van der Waals surface area contributed by atoms with Crippen LogP contribution in [0.5, 0.6) is 0 Å². The van der Waals surface area contributed by atoms with Gasteiger partial charge in [0.2, 0.25) is 0 Å².